The zero-order chi connectivity index (χ0) is 20.0. The molecule has 2 saturated carbocycles. The molecule has 156 valence electrons. The molecule has 7 heteroatoms. The fourth-order valence-electron chi connectivity index (χ4n) is 5.19. The third kappa shape index (κ3) is 3.56. The fraction of sp³-hybridized carbons (Fsp3) is 0.636. The van der Waals surface area contributed by atoms with Crippen LogP contribution in [0.15, 0.2) is 12.1 Å². The van der Waals surface area contributed by atoms with Crippen molar-refractivity contribution in [3.05, 3.63) is 23.3 Å². The van der Waals surface area contributed by atoms with Crippen LogP contribution in [0.2, 0.25) is 0 Å². The van der Waals surface area contributed by atoms with Crippen LogP contribution in [0.3, 0.4) is 0 Å². The molecule has 1 aromatic rings. The lowest BCUT2D eigenvalue weighted by Gasteiger charge is -2.46. The van der Waals surface area contributed by atoms with E-state index in [0.29, 0.717) is 13.2 Å². The molecule has 2 fully saturated rings. The largest absolute Gasteiger partial charge is 0.486 e. The highest BCUT2D eigenvalue weighted by Gasteiger charge is 2.45. The van der Waals surface area contributed by atoms with E-state index in [1.165, 1.54) is 24.0 Å². The van der Waals surface area contributed by atoms with Crippen LogP contribution in [0.25, 0.3) is 0 Å². The quantitative estimate of drug-likeness (QED) is 0.817. The molecule has 3 amide bonds. The van der Waals surface area contributed by atoms with Crippen molar-refractivity contribution in [1.82, 2.24) is 15.5 Å². The Bertz CT molecular complexity index is 830. The summed E-state index contributed by atoms with van der Waals surface area (Å²) >= 11 is 0. The van der Waals surface area contributed by atoms with Crippen molar-refractivity contribution < 1.29 is 19.1 Å². The van der Waals surface area contributed by atoms with Gasteiger partial charge in [-0.15, -0.1) is 0 Å². The number of rotatable bonds is 3. The highest BCUT2D eigenvalue weighted by molar-refractivity contribution is 5.95. The van der Waals surface area contributed by atoms with Gasteiger partial charge in [-0.25, -0.2) is 4.79 Å². The van der Waals surface area contributed by atoms with Gasteiger partial charge in [0, 0.05) is 24.0 Å². The number of imide groups is 1. The van der Waals surface area contributed by atoms with Gasteiger partial charge >= 0.3 is 6.03 Å². The number of nitrogens with zero attached hydrogens (tertiary/aromatic N) is 1. The molecule has 5 rings (SSSR count). The summed E-state index contributed by atoms with van der Waals surface area (Å²) in [6.45, 7) is 4.33. The molecule has 29 heavy (non-hydrogen) atoms. The average molecular weight is 399 g/mol. The lowest BCUT2D eigenvalue weighted by molar-refractivity contribution is -0.122. The van der Waals surface area contributed by atoms with Gasteiger partial charge in [0.05, 0.1) is 6.54 Å². The Morgan fingerprint density at radius 1 is 1.14 bits per heavy atom. The first kappa shape index (κ1) is 18.7. The Morgan fingerprint density at radius 3 is 2.52 bits per heavy atom. The standard InChI is InChI=1S/C22H29N3O4/c1-14-16-10-18-19(29-9-8-28-18)11-17(16)22(6-2-3-7-22)13-25(14)12-20(26)24-21(27)23-15-4-5-15/h10-11,14-15H,2-9,12-13H2,1H3,(H2,23,24,26,27)/t14-/m1/s1. The Labute approximate surface area is 171 Å². The molecule has 2 aliphatic heterocycles. The molecule has 1 atom stereocenters. The number of amides is 3. The summed E-state index contributed by atoms with van der Waals surface area (Å²) < 4.78 is 11.7. The number of hydrogen-bond acceptors (Lipinski definition) is 5. The Morgan fingerprint density at radius 2 is 1.83 bits per heavy atom. The van der Waals surface area contributed by atoms with Gasteiger partial charge < -0.3 is 14.8 Å². The maximum atomic E-state index is 12.6. The van der Waals surface area contributed by atoms with Crippen molar-refractivity contribution in [2.45, 2.75) is 62.9 Å². The predicted octanol–water partition coefficient (Wildman–Crippen LogP) is 2.63. The topological polar surface area (TPSA) is 79.9 Å². The molecule has 7 nitrogen and oxygen atoms in total. The summed E-state index contributed by atoms with van der Waals surface area (Å²) in [6.07, 6.45) is 6.64. The Hall–Kier alpha value is -2.28. The number of urea groups is 1. The van der Waals surface area contributed by atoms with E-state index in [0.717, 1.165) is 43.7 Å². The molecule has 0 radical (unpaired) electrons. The van der Waals surface area contributed by atoms with Crippen LogP contribution < -0.4 is 20.1 Å². The van der Waals surface area contributed by atoms with Crippen molar-refractivity contribution in [2.24, 2.45) is 0 Å². The van der Waals surface area contributed by atoms with Gasteiger partial charge in [0.15, 0.2) is 11.5 Å². The minimum atomic E-state index is -0.377. The summed E-state index contributed by atoms with van der Waals surface area (Å²) in [4.78, 5) is 26.7. The molecule has 2 aliphatic carbocycles. The first-order chi connectivity index (χ1) is 14.0. The molecule has 1 spiro atoms. The lowest BCUT2D eigenvalue weighted by Crippen LogP contribution is -2.51. The van der Waals surface area contributed by atoms with Crippen LogP contribution in [0.4, 0.5) is 4.79 Å². The third-order valence-electron chi connectivity index (χ3n) is 6.86. The lowest BCUT2D eigenvalue weighted by atomic mass is 9.71. The van der Waals surface area contributed by atoms with Crippen molar-refractivity contribution in [3.8, 4) is 11.5 Å². The van der Waals surface area contributed by atoms with Crippen LogP contribution in [-0.2, 0) is 10.2 Å². The summed E-state index contributed by atoms with van der Waals surface area (Å²) in [5.74, 6) is 1.39. The number of benzene rings is 1. The van der Waals surface area contributed by atoms with Crippen LogP contribution in [0.1, 0.15) is 62.6 Å². The molecular weight excluding hydrogens is 370 g/mol. The second-order valence-corrected chi connectivity index (χ2v) is 8.95. The first-order valence-electron chi connectivity index (χ1n) is 10.8. The highest BCUT2D eigenvalue weighted by Crippen LogP contribution is 2.51. The molecule has 0 unspecified atom stereocenters. The number of hydrogen-bond donors (Lipinski definition) is 2. The van der Waals surface area contributed by atoms with Gasteiger partial charge in [-0.05, 0) is 55.9 Å². The van der Waals surface area contributed by atoms with Crippen molar-refractivity contribution in [3.63, 3.8) is 0 Å². The summed E-state index contributed by atoms with van der Waals surface area (Å²) in [5.41, 5.74) is 2.63. The van der Waals surface area contributed by atoms with Crippen molar-refractivity contribution >= 4 is 11.9 Å². The van der Waals surface area contributed by atoms with E-state index in [-0.39, 0.29) is 36.0 Å². The van der Waals surface area contributed by atoms with E-state index in [2.05, 4.69) is 34.6 Å². The monoisotopic (exact) mass is 399 g/mol. The van der Waals surface area contributed by atoms with E-state index in [4.69, 9.17) is 9.47 Å². The van der Waals surface area contributed by atoms with Gasteiger partial charge in [-0.1, -0.05) is 12.8 Å². The predicted molar refractivity (Wildman–Crippen MR) is 107 cm³/mol. The van der Waals surface area contributed by atoms with E-state index in [1.54, 1.807) is 0 Å². The number of ether oxygens (including phenoxy) is 2. The smallest absolute Gasteiger partial charge is 0.321 e. The first-order valence-corrected chi connectivity index (χ1v) is 10.8. The Balaban J connectivity index is 1.39. The number of carbonyl (C=O) groups excluding carboxylic acids is 2. The highest BCUT2D eigenvalue weighted by atomic mass is 16.6. The summed E-state index contributed by atoms with van der Waals surface area (Å²) in [7, 11) is 0. The number of nitrogens with one attached hydrogen (secondary N) is 2. The molecule has 2 heterocycles. The van der Waals surface area contributed by atoms with Gasteiger partial charge in [-0.2, -0.15) is 0 Å². The van der Waals surface area contributed by atoms with Gasteiger partial charge in [0.1, 0.15) is 13.2 Å². The normalized spacial score (nSPS) is 24.8. The summed E-state index contributed by atoms with van der Waals surface area (Å²) in [6, 6.07) is 4.23. The van der Waals surface area contributed by atoms with Crippen LogP contribution in [-0.4, -0.2) is 49.2 Å². The minimum Gasteiger partial charge on any atom is -0.486 e. The van der Waals surface area contributed by atoms with Gasteiger partial charge in [-0.3, -0.25) is 15.0 Å². The second-order valence-electron chi connectivity index (χ2n) is 8.95. The molecule has 0 aromatic heterocycles. The zero-order valence-electron chi connectivity index (χ0n) is 17.0. The van der Waals surface area contributed by atoms with Crippen LogP contribution in [0.5, 0.6) is 11.5 Å². The minimum absolute atomic E-state index is 0.0498. The third-order valence-corrected chi connectivity index (χ3v) is 6.86. The zero-order valence-corrected chi connectivity index (χ0v) is 17.0. The molecule has 1 aromatic carbocycles. The molecule has 0 saturated heterocycles. The molecule has 2 N–H and O–H groups in total. The molecule has 0 bridgehead atoms. The average Bonchev–Trinajstić information content (AvgIpc) is 3.39. The van der Waals surface area contributed by atoms with E-state index < -0.39 is 0 Å². The van der Waals surface area contributed by atoms with E-state index in [1.807, 2.05) is 0 Å². The maximum Gasteiger partial charge on any atom is 0.321 e. The van der Waals surface area contributed by atoms with E-state index in [9.17, 15) is 9.59 Å². The number of fused-ring (bicyclic) bond motifs is 3. The fourth-order valence-corrected chi connectivity index (χ4v) is 5.19. The van der Waals surface area contributed by atoms with Crippen LogP contribution >= 0.6 is 0 Å². The van der Waals surface area contributed by atoms with Gasteiger partial charge in [0.2, 0.25) is 5.91 Å². The second kappa shape index (κ2) is 7.20. The SMILES string of the molecule is C[C@@H]1c2cc3c(cc2C2(CCCC2)CN1CC(=O)NC(=O)NC1CC1)OCCO3. The Kier molecular flexibility index (Phi) is 4.65. The summed E-state index contributed by atoms with van der Waals surface area (Å²) in [5, 5.41) is 5.31. The molecule has 4 aliphatic rings. The van der Waals surface area contributed by atoms with E-state index >= 15 is 0 Å². The van der Waals surface area contributed by atoms with Crippen molar-refractivity contribution in [2.75, 3.05) is 26.3 Å². The van der Waals surface area contributed by atoms with Crippen molar-refractivity contribution in [1.29, 1.82) is 0 Å². The number of carbonyl (C=O) groups is 2. The maximum absolute atomic E-state index is 12.6. The van der Waals surface area contributed by atoms with Crippen LogP contribution in [0, 0.1) is 0 Å². The van der Waals surface area contributed by atoms with Gasteiger partial charge in [0.25, 0.3) is 0 Å². The molecular formula is C22H29N3O4.